The number of hydrogen-bond donors (Lipinski definition) is 1. The number of aromatic nitrogens is 2. The molecule has 0 aliphatic carbocycles. The molecule has 0 unspecified atom stereocenters. The fourth-order valence-electron chi connectivity index (χ4n) is 2.27. The maximum absolute atomic E-state index is 12.9. The van der Waals surface area contributed by atoms with Gasteiger partial charge in [0.15, 0.2) is 5.01 Å². The first-order valence-corrected chi connectivity index (χ1v) is 8.65. The number of nitrogens with zero attached hydrogens (tertiary/aromatic N) is 2. The van der Waals surface area contributed by atoms with Crippen molar-refractivity contribution in [1.29, 1.82) is 0 Å². The molecule has 0 aliphatic rings. The van der Waals surface area contributed by atoms with Crippen LogP contribution in [-0.4, -0.2) is 30.3 Å². The average molecular weight is 389 g/mol. The Hall–Kier alpha value is -3.20. The number of nitrogens with one attached hydrogen (secondary N) is 1. The summed E-state index contributed by atoms with van der Waals surface area (Å²) >= 11 is 1.17. The molecule has 1 heterocycles. The lowest BCUT2D eigenvalue weighted by molar-refractivity contribution is 0.102. The Labute approximate surface area is 158 Å². The topological polar surface area (TPSA) is 82.6 Å². The van der Waals surface area contributed by atoms with E-state index in [4.69, 9.17) is 14.2 Å². The number of hydrogen-bond acceptors (Lipinski definition) is 7. The Bertz CT molecular complexity index is 908. The second kappa shape index (κ2) is 8.45. The minimum Gasteiger partial charge on any atom is -0.496 e. The quantitative estimate of drug-likeness (QED) is 0.666. The summed E-state index contributed by atoms with van der Waals surface area (Å²) in [7, 11) is 2.95. The van der Waals surface area contributed by atoms with Gasteiger partial charge in [-0.3, -0.25) is 10.1 Å². The van der Waals surface area contributed by atoms with Crippen molar-refractivity contribution in [3.63, 3.8) is 0 Å². The van der Waals surface area contributed by atoms with Crippen LogP contribution in [0.1, 0.15) is 15.4 Å². The van der Waals surface area contributed by atoms with Crippen LogP contribution in [0, 0.1) is 5.82 Å². The molecule has 0 fully saturated rings. The maximum Gasteiger partial charge on any atom is 0.265 e. The number of halogens is 1. The Morgan fingerprint density at radius 3 is 2.37 bits per heavy atom. The standard InChI is InChI=1S/C18H16FN3O4S/c1-24-13-4-3-5-14(25-2)16(13)17(23)20-18-22-21-15(27-18)10-26-12-8-6-11(19)7-9-12/h3-9H,10H2,1-2H3,(H,20,22,23). The lowest BCUT2D eigenvalue weighted by atomic mass is 10.1. The molecule has 7 nitrogen and oxygen atoms in total. The normalized spacial score (nSPS) is 10.3. The van der Waals surface area contributed by atoms with Crippen LogP contribution < -0.4 is 19.5 Å². The van der Waals surface area contributed by atoms with Crippen molar-refractivity contribution < 1.29 is 23.4 Å². The molecule has 1 N–H and O–H groups in total. The molecule has 2 aromatic carbocycles. The molecular formula is C18H16FN3O4S. The first kappa shape index (κ1) is 18.6. The first-order chi connectivity index (χ1) is 13.1. The van der Waals surface area contributed by atoms with Crippen molar-refractivity contribution in [2.24, 2.45) is 0 Å². The molecule has 9 heteroatoms. The van der Waals surface area contributed by atoms with Gasteiger partial charge in [-0.2, -0.15) is 0 Å². The van der Waals surface area contributed by atoms with Gasteiger partial charge in [0.05, 0.1) is 14.2 Å². The molecule has 0 spiro atoms. The third kappa shape index (κ3) is 4.50. The van der Waals surface area contributed by atoms with Gasteiger partial charge >= 0.3 is 0 Å². The predicted octanol–water partition coefficient (Wildman–Crippen LogP) is 3.53. The minimum absolute atomic E-state index is 0.150. The van der Waals surface area contributed by atoms with E-state index in [1.165, 1.54) is 49.8 Å². The number of benzene rings is 2. The molecule has 3 aromatic rings. The zero-order valence-corrected chi connectivity index (χ0v) is 15.4. The summed E-state index contributed by atoms with van der Waals surface area (Å²) in [6.45, 7) is 0.150. The molecule has 3 rings (SSSR count). The third-order valence-electron chi connectivity index (χ3n) is 3.52. The van der Waals surface area contributed by atoms with Crippen molar-refractivity contribution in [2.75, 3.05) is 19.5 Å². The van der Waals surface area contributed by atoms with E-state index in [1.54, 1.807) is 18.2 Å². The van der Waals surface area contributed by atoms with E-state index < -0.39 is 5.91 Å². The van der Waals surface area contributed by atoms with E-state index in [9.17, 15) is 9.18 Å². The van der Waals surface area contributed by atoms with Crippen LogP contribution in [-0.2, 0) is 6.61 Å². The van der Waals surface area contributed by atoms with Gasteiger partial charge in [-0.25, -0.2) is 4.39 Å². The Balaban J connectivity index is 1.67. The van der Waals surface area contributed by atoms with E-state index >= 15 is 0 Å². The number of carbonyl (C=O) groups excluding carboxylic acids is 1. The highest BCUT2D eigenvalue weighted by Crippen LogP contribution is 2.29. The molecule has 0 bridgehead atoms. The van der Waals surface area contributed by atoms with Gasteiger partial charge in [0, 0.05) is 0 Å². The number of methoxy groups -OCH3 is 2. The van der Waals surface area contributed by atoms with Crippen molar-refractivity contribution in [1.82, 2.24) is 10.2 Å². The monoisotopic (exact) mass is 389 g/mol. The zero-order valence-electron chi connectivity index (χ0n) is 14.6. The molecule has 140 valence electrons. The maximum atomic E-state index is 12.9. The van der Waals surface area contributed by atoms with E-state index in [-0.39, 0.29) is 18.0 Å². The fourth-order valence-corrected chi connectivity index (χ4v) is 2.92. The third-order valence-corrected chi connectivity index (χ3v) is 4.33. The van der Waals surface area contributed by atoms with Crippen LogP contribution in [0.25, 0.3) is 0 Å². The highest BCUT2D eigenvalue weighted by molar-refractivity contribution is 7.15. The zero-order chi connectivity index (χ0) is 19.2. The van der Waals surface area contributed by atoms with Crippen LogP contribution in [0.4, 0.5) is 9.52 Å². The van der Waals surface area contributed by atoms with Crippen molar-refractivity contribution >= 4 is 22.4 Å². The summed E-state index contributed by atoms with van der Waals surface area (Å²) in [4.78, 5) is 12.6. The highest BCUT2D eigenvalue weighted by Gasteiger charge is 2.19. The fraction of sp³-hybridized carbons (Fsp3) is 0.167. The van der Waals surface area contributed by atoms with Gasteiger partial charge in [0.1, 0.15) is 35.2 Å². The number of ether oxygens (including phenoxy) is 3. The second-order valence-corrected chi connectivity index (χ2v) is 6.30. The van der Waals surface area contributed by atoms with Gasteiger partial charge in [0.2, 0.25) is 5.13 Å². The largest absolute Gasteiger partial charge is 0.496 e. The van der Waals surface area contributed by atoms with E-state index in [2.05, 4.69) is 15.5 Å². The predicted molar refractivity (Wildman–Crippen MR) is 98.1 cm³/mol. The van der Waals surface area contributed by atoms with Gasteiger partial charge in [-0.15, -0.1) is 10.2 Å². The molecule has 0 atom stereocenters. The number of amides is 1. The second-order valence-electron chi connectivity index (χ2n) is 5.24. The molecule has 0 saturated carbocycles. The molecule has 1 amide bonds. The smallest absolute Gasteiger partial charge is 0.265 e. The molecule has 27 heavy (non-hydrogen) atoms. The van der Waals surface area contributed by atoms with E-state index in [1.807, 2.05) is 0 Å². The van der Waals surface area contributed by atoms with Crippen molar-refractivity contribution in [3.05, 3.63) is 58.9 Å². The Kier molecular flexibility index (Phi) is 5.82. The highest BCUT2D eigenvalue weighted by atomic mass is 32.1. The van der Waals surface area contributed by atoms with E-state index in [0.29, 0.717) is 27.4 Å². The van der Waals surface area contributed by atoms with Crippen LogP contribution in [0.15, 0.2) is 42.5 Å². The lowest BCUT2D eigenvalue weighted by Gasteiger charge is -2.11. The van der Waals surface area contributed by atoms with Crippen molar-refractivity contribution in [3.8, 4) is 17.2 Å². The lowest BCUT2D eigenvalue weighted by Crippen LogP contribution is -2.14. The SMILES string of the molecule is COc1cccc(OC)c1C(=O)Nc1nnc(COc2ccc(F)cc2)s1. The molecule has 0 radical (unpaired) electrons. The Morgan fingerprint density at radius 2 is 1.74 bits per heavy atom. The first-order valence-electron chi connectivity index (χ1n) is 7.84. The summed E-state index contributed by atoms with van der Waals surface area (Å²) in [6, 6.07) is 10.7. The average Bonchev–Trinajstić information content (AvgIpc) is 3.14. The summed E-state index contributed by atoms with van der Waals surface area (Å²) < 4.78 is 28.9. The van der Waals surface area contributed by atoms with Crippen LogP contribution in [0.2, 0.25) is 0 Å². The van der Waals surface area contributed by atoms with Gasteiger partial charge in [-0.1, -0.05) is 17.4 Å². The molecule has 0 saturated heterocycles. The van der Waals surface area contributed by atoms with Crippen LogP contribution in [0.3, 0.4) is 0 Å². The minimum atomic E-state index is -0.425. The molecule has 1 aromatic heterocycles. The van der Waals surface area contributed by atoms with Gasteiger partial charge < -0.3 is 14.2 Å². The summed E-state index contributed by atoms with van der Waals surface area (Å²) in [5, 5.41) is 11.4. The van der Waals surface area contributed by atoms with Crippen molar-refractivity contribution in [2.45, 2.75) is 6.61 Å². The number of anilines is 1. The molecule has 0 aliphatic heterocycles. The van der Waals surface area contributed by atoms with Gasteiger partial charge in [-0.05, 0) is 36.4 Å². The molecular weight excluding hydrogens is 373 g/mol. The summed E-state index contributed by atoms with van der Waals surface area (Å²) in [5.74, 6) is 0.518. The van der Waals surface area contributed by atoms with Crippen LogP contribution in [0.5, 0.6) is 17.2 Å². The summed E-state index contributed by atoms with van der Waals surface area (Å²) in [6.07, 6.45) is 0. The number of carbonyl (C=O) groups is 1. The van der Waals surface area contributed by atoms with E-state index in [0.717, 1.165) is 0 Å². The summed E-state index contributed by atoms with van der Waals surface area (Å²) in [5.41, 5.74) is 0.266. The Morgan fingerprint density at radius 1 is 1.07 bits per heavy atom. The number of rotatable bonds is 7. The van der Waals surface area contributed by atoms with Gasteiger partial charge in [0.25, 0.3) is 5.91 Å². The van der Waals surface area contributed by atoms with Crippen LogP contribution >= 0.6 is 11.3 Å².